The number of methoxy groups -OCH3 is 2. The number of nitrogens with one attached hydrogen (secondary N) is 1. The van der Waals surface area contributed by atoms with Crippen LogP contribution in [0.25, 0.3) is 0 Å². The lowest BCUT2D eigenvalue weighted by Gasteiger charge is -2.36. The highest BCUT2D eigenvalue weighted by atomic mass is 16.5. The average Bonchev–Trinajstić information content (AvgIpc) is 2.60. The first-order valence-electron chi connectivity index (χ1n) is 8.15. The number of aliphatic hydroxyl groups is 1. The van der Waals surface area contributed by atoms with Crippen molar-refractivity contribution < 1.29 is 14.6 Å². The van der Waals surface area contributed by atoms with Gasteiger partial charge in [-0.1, -0.05) is 0 Å². The highest BCUT2D eigenvalue weighted by Crippen LogP contribution is 2.32. The van der Waals surface area contributed by atoms with Crippen molar-refractivity contribution in [2.45, 2.75) is 6.04 Å². The normalized spacial score (nSPS) is 17.3. The molecule has 0 radical (unpaired) electrons. The number of nitrogens with zero attached hydrogens (tertiary/aromatic N) is 2. The molecule has 1 atom stereocenters. The largest absolute Gasteiger partial charge is 0.497 e. The van der Waals surface area contributed by atoms with Crippen LogP contribution in [0.3, 0.4) is 0 Å². The molecule has 0 saturated carbocycles. The number of likely N-dealkylation sites (N-methyl/N-ethyl adjacent to an activating group) is 1. The zero-order valence-electron chi connectivity index (χ0n) is 14.4. The first-order chi connectivity index (χ1) is 11.2. The van der Waals surface area contributed by atoms with Crippen LogP contribution in [0.2, 0.25) is 0 Å². The van der Waals surface area contributed by atoms with Crippen molar-refractivity contribution in [2.24, 2.45) is 0 Å². The molecular formula is C17H29N3O3. The van der Waals surface area contributed by atoms with Crippen LogP contribution >= 0.6 is 0 Å². The third-order valence-corrected chi connectivity index (χ3v) is 4.42. The highest BCUT2D eigenvalue weighted by Gasteiger charge is 2.24. The molecule has 1 aliphatic heterocycles. The SMILES string of the molecule is COc1ccc(OC)c(C(CN2CCNCC2)N(C)CCO)c1. The third kappa shape index (κ3) is 4.81. The van der Waals surface area contributed by atoms with E-state index < -0.39 is 0 Å². The molecule has 2 rings (SSSR count). The predicted molar refractivity (Wildman–Crippen MR) is 91.3 cm³/mol. The molecule has 1 heterocycles. The minimum atomic E-state index is 0.140. The van der Waals surface area contributed by atoms with Gasteiger partial charge in [0, 0.05) is 44.8 Å². The van der Waals surface area contributed by atoms with Gasteiger partial charge in [-0.25, -0.2) is 0 Å². The Morgan fingerprint density at radius 3 is 2.61 bits per heavy atom. The topological polar surface area (TPSA) is 57.2 Å². The van der Waals surface area contributed by atoms with E-state index >= 15 is 0 Å². The Morgan fingerprint density at radius 1 is 1.26 bits per heavy atom. The van der Waals surface area contributed by atoms with E-state index in [2.05, 4.69) is 15.1 Å². The molecule has 2 N–H and O–H groups in total. The van der Waals surface area contributed by atoms with Gasteiger partial charge in [-0.05, 0) is 25.2 Å². The lowest BCUT2D eigenvalue weighted by atomic mass is 10.0. The zero-order chi connectivity index (χ0) is 16.7. The maximum absolute atomic E-state index is 9.34. The molecule has 0 spiro atoms. The molecule has 1 unspecified atom stereocenters. The van der Waals surface area contributed by atoms with Gasteiger partial charge < -0.3 is 19.9 Å². The van der Waals surface area contributed by atoms with E-state index in [0.717, 1.165) is 49.8 Å². The fourth-order valence-corrected chi connectivity index (χ4v) is 3.03. The van der Waals surface area contributed by atoms with Crippen LogP contribution in [0, 0.1) is 0 Å². The number of hydrogen-bond donors (Lipinski definition) is 2. The smallest absolute Gasteiger partial charge is 0.123 e. The molecule has 1 aromatic rings. The first kappa shape index (κ1) is 18.0. The molecule has 0 bridgehead atoms. The summed E-state index contributed by atoms with van der Waals surface area (Å²) in [6.07, 6.45) is 0. The number of ether oxygens (including phenoxy) is 2. The van der Waals surface area contributed by atoms with Crippen molar-refractivity contribution in [1.29, 1.82) is 0 Å². The summed E-state index contributed by atoms with van der Waals surface area (Å²) < 4.78 is 11.0. The highest BCUT2D eigenvalue weighted by molar-refractivity contribution is 5.42. The van der Waals surface area contributed by atoms with E-state index in [0.29, 0.717) is 6.54 Å². The summed E-state index contributed by atoms with van der Waals surface area (Å²) in [4.78, 5) is 4.63. The van der Waals surface area contributed by atoms with Crippen molar-refractivity contribution in [1.82, 2.24) is 15.1 Å². The Balaban J connectivity index is 2.27. The summed E-state index contributed by atoms with van der Waals surface area (Å²) in [5.41, 5.74) is 1.10. The van der Waals surface area contributed by atoms with Gasteiger partial charge in [0.1, 0.15) is 11.5 Å². The lowest BCUT2D eigenvalue weighted by molar-refractivity contribution is 0.128. The van der Waals surface area contributed by atoms with Gasteiger partial charge in [-0.2, -0.15) is 0 Å². The zero-order valence-corrected chi connectivity index (χ0v) is 14.4. The fourth-order valence-electron chi connectivity index (χ4n) is 3.03. The Labute approximate surface area is 139 Å². The van der Waals surface area contributed by atoms with Gasteiger partial charge in [0.25, 0.3) is 0 Å². The number of benzene rings is 1. The molecule has 1 aliphatic rings. The minimum Gasteiger partial charge on any atom is -0.497 e. The molecule has 0 amide bonds. The van der Waals surface area contributed by atoms with Crippen molar-refractivity contribution in [3.8, 4) is 11.5 Å². The van der Waals surface area contributed by atoms with Crippen molar-refractivity contribution >= 4 is 0 Å². The van der Waals surface area contributed by atoms with E-state index in [1.807, 2.05) is 25.2 Å². The van der Waals surface area contributed by atoms with Crippen LogP contribution in [0.15, 0.2) is 18.2 Å². The number of rotatable bonds is 8. The van der Waals surface area contributed by atoms with Crippen molar-refractivity contribution in [3.05, 3.63) is 23.8 Å². The van der Waals surface area contributed by atoms with Crippen LogP contribution in [0.5, 0.6) is 11.5 Å². The summed E-state index contributed by atoms with van der Waals surface area (Å²) in [6, 6.07) is 6.05. The van der Waals surface area contributed by atoms with Crippen LogP contribution in [-0.2, 0) is 0 Å². The quantitative estimate of drug-likeness (QED) is 0.730. The van der Waals surface area contributed by atoms with Gasteiger partial charge in [0.05, 0.1) is 26.9 Å². The first-order valence-corrected chi connectivity index (χ1v) is 8.15. The van der Waals surface area contributed by atoms with E-state index in [-0.39, 0.29) is 12.6 Å². The van der Waals surface area contributed by atoms with Crippen LogP contribution in [0.1, 0.15) is 11.6 Å². The molecule has 6 nitrogen and oxygen atoms in total. The molecule has 6 heteroatoms. The Kier molecular flexibility index (Phi) is 7.11. The fraction of sp³-hybridized carbons (Fsp3) is 0.647. The summed E-state index contributed by atoms with van der Waals surface area (Å²) in [5, 5.41) is 12.7. The second kappa shape index (κ2) is 9.08. The van der Waals surface area contributed by atoms with Crippen molar-refractivity contribution in [3.63, 3.8) is 0 Å². The van der Waals surface area contributed by atoms with E-state index in [1.54, 1.807) is 14.2 Å². The number of aliphatic hydroxyl groups excluding tert-OH is 1. The third-order valence-electron chi connectivity index (χ3n) is 4.42. The van der Waals surface area contributed by atoms with Crippen LogP contribution in [0.4, 0.5) is 0 Å². The van der Waals surface area contributed by atoms with Gasteiger partial charge in [0.15, 0.2) is 0 Å². The molecule has 23 heavy (non-hydrogen) atoms. The molecule has 0 aliphatic carbocycles. The van der Waals surface area contributed by atoms with Gasteiger partial charge in [-0.15, -0.1) is 0 Å². The Morgan fingerprint density at radius 2 is 2.00 bits per heavy atom. The number of piperazine rings is 1. The minimum absolute atomic E-state index is 0.140. The second-order valence-corrected chi connectivity index (χ2v) is 5.88. The molecule has 1 fully saturated rings. The summed E-state index contributed by atoms with van der Waals surface area (Å²) in [7, 11) is 5.41. The molecule has 0 aromatic heterocycles. The van der Waals surface area contributed by atoms with Gasteiger partial charge >= 0.3 is 0 Å². The summed E-state index contributed by atoms with van der Waals surface area (Å²) >= 11 is 0. The Bertz CT molecular complexity index is 478. The summed E-state index contributed by atoms with van der Waals surface area (Å²) in [6.45, 7) is 5.78. The monoisotopic (exact) mass is 323 g/mol. The van der Waals surface area contributed by atoms with Crippen LogP contribution < -0.4 is 14.8 Å². The van der Waals surface area contributed by atoms with Crippen molar-refractivity contribution in [2.75, 3.05) is 67.1 Å². The standard InChI is InChI=1S/C17H29N3O3/c1-19(10-11-21)16(13-20-8-6-18-7-9-20)15-12-14(22-2)4-5-17(15)23-3/h4-5,12,16,18,21H,6-11,13H2,1-3H3. The van der Waals surface area contributed by atoms with E-state index in [4.69, 9.17) is 9.47 Å². The van der Waals surface area contributed by atoms with E-state index in [9.17, 15) is 5.11 Å². The maximum Gasteiger partial charge on any atom is 0.123 e. The van der Waals surface area contributed by atoms with Gasteiger partial charge in [-0.3, -0.25) is 9.80 Å². The molecule has 130 valence electrons. The predicted octanol–water partition coefficient (Wildman–Crippen LogP) is 0.574. The Hall–Kier alpha value is -1.34. The molecular weight excluding hydrogens is 294 g/mol. The summed E-state index contributed by atoms with van der Waals surface area (Å²) in [5.74, 6) is 1.68. The maximum atomic E-state index is 9.34. The average molecular weight is 323 g/mol. The van der Waals surface area contributed by atoms with E-state index in [1.165, 1.54) is 0 Å². The number of hydrogen-bond acceptors (Lipinski definition) is 6. The second-order valence-electron chi connectivity index (χ2n) is 5.88. The van der Waals surface area contributed by atoms with Crippen LogP contribution in [-0.4, -0.2) is 82.0 Å². The lowest BCUT2D eigenvalue weighted by Crippen LogP contribution is -2.47. The molecule has 1 aromatic carbocycles. The van der Waals surface area contributed by atoms with Gasteiger partial charge in [0.2, 0.25) is 0 Å². The molecule has 1 saturated heterocycles.